The van der Waals surface area contributed by atoms with Crippen LogP contribution in [0.2, 0.25) is 0 Å². The van der Waals surface area contributed by atoms with E-state index in [2.05, 4.69) is 14.9 Å². The molecule has 1 aliphatic carbocycles. The van der Waals surface area contributed by atoms with Crippen LogP contribution < -0.4 is 0 Å². The summed E-state index contributed by atoms with van der Waals surface area (Å²) in [6.45, 7) is 0. The molecule has 3 aromatic rings. The Morgan fingerprint density at radius 1 is 1.23 bits per heavy atom. The van der Waals surface area contributed by atoms with Crippen molar-refractivity contribution in [1.29, 1.82) is 0 Å². The number of methoxy groups -OCH3 is 1. The predicted molar refractivity (Wildman–Crippen MR) is 112 cm³/mol. The third-order valence-electron chi connectivity index (χ3n) is 4.61. The van der Waals surface area contributed by atoms with Crippen molar-refractivity contribution in [2.45, 2.75) is 28.8 Å². The Kier molecular flexibility index (Phi) is 5.62. The number of nitrogens with zero attached hydrogens (tertiary/aromatic N) is 4. The van der Waals surface area contributed by atoms with Gasteiger partial charge in [-0.2, -0.15) is 0 Å². The number of benzene rings is 2. The fraction of sp³-hybridized carbons (Fsp3) is 0.190. The Morgan fingerprint density at radius 2 is 2.00 bits per heavy atom. The van der Waals surface area contributed by atoms with Crippen LogP contribution in [0, 0.1) is 10.1 Å². The van der Waals surface area contributed by atoms with Gasteiger partial charge < -0.3 is 4.74 Å². The van der Waals surface area contributed by atoms with E-state index in [1.165, 1.54) is 37.1 Å². The molecule has 0 saturated heterocycles. The minimum absolute atomic E-state index is 0.0670. The number of carbonyl (C=O) groups is 1. The molecule has 1 saturated carbocycles. The van der Waals surface area contributed by atoms with Gasteiger partial charge in [0.2, 0.25) is 5.16 Å². The van der Waals surface area contributed by atoms with Gasteiger partial charge in [0.25, 0.3) is 5.69 Å². The van der Waals surface area contributed by atoms with Crippen molar-refractivity contribution in [2.75, 3.05) is 7.11 Å². The van der Waals surface area contributed by atoms with Gasteiger partial charge in [0.15, 0.2) is 0 Å². The molecule has 0 amide bonds. The molecule has 4 rings (SSSR count). The molecule has 0 atom stereocenters. The molecular weight excluding hydrogens is 404 g/mol. The van der Waals surface area contributed by atoms with Gasteiger partial charge in [0.05, 0.1) is 16.9 Å². The van der Waals surface area contributed by atoms with Crippen molar-refractivity contribution < 1.29 is 14.5 Å². The zero-order chi connectivity index (χ0) is 21.1. The van der Waals surface area contributed by atoms with Gasteiger partial charge >= 0.3 is 5.97 Å². The lowest BCUT2D eigenvalue weighted by Crippen LogP contribution is -2.01. The van der Waals surface area contributed by atoms with Crippen LogP contribution in [-0.2, 0) is 9.53 Å². The largest absolute Gasteiger partial charge is 0.466 e. The number of carbonyl (C=O) groups excluding carboxylic acids is 1. The summed E-state index contributed by atoms with van der Waals surface area (Å²) in [5.74, 6) is 0.719. The molecule has 0 radical (unpaired) electrons. The highest BCUT2D eigenvalue weighted by Crippen LogP contribution is 2.43. The van der Waals surface area contributed by atoms with Crippen LogP contribution in [0.5, 0.6) is 0 Å². The number of esters is 1. The highest BCUT2D eigenvalue weighted by molar-refractivity contribution is 7.99. The summed E-state index contributed by atoms with van der Waals surface area (Å²) in [6, 6.07) is 14.5. The molecule has 30 heavy (non-hydrogen) atoms. The first-order valence-corrected chi connectivity index (χ1v) is 10.1. The Morgan fingerprint density at radius 3 is 2.67 bits per heavy atom. The molecule has 1 fully saturated rings. The van der Waals surface area contributed by atoms with Crippen molar-refractivity contribution in [2.24, 2.45) is 0 Å². The lowest BCUT2D eigenvalue weighted by atomic mass is 10.2. The van der Waals surface area contributed by atoms with Crippen LogP contribution in [0.25, 0.3) is 11.8 Å². The van der Waals surface area contributed by atoms with Crippen molar-refractivity contribution in [3.05, 3.63) is 76.1 Å². The van der Waals surface area contributed by atoms with Gasteiger partial charge in [-0.15, -0.1) is 10.2 Å². The van der Waals surface area contributed by atoms with E-state index in [-0.39, 0.29) is 5.69 Å². The predicted octanol–water partition coefficient (Wildman–Crippen LogP) is 4.39. The molecule has 2 aromatic carbocycles. The Bertz CT molecular complexity index is 1120. The normalized spacial score (nSPS) is 13.5. The van der Waals surface area contributed by atoms with E-state index in [0.29, 0.717) is 21.5 Å². The monoisotopic (exact) mass is 422 g/mol. The quantitative estimate of drug-likeness (QED) is 0.241. The van der Waals surface area contributed by atoms with Crippen LogP contribution >= 0.6 is 11.8 Å². The highest BCUT2D eigenvalue weighted by Gasteiger charge is 2.31. The Hall–Kier alpha value is -3.46. The summed E-state index contributed by atoms with van der Waals surface area (Å²) < 4.78 is 6.52. The number of hydrogen-bond donors (Lipinski definition) is 0. The number of aromatic nitrogens is 3. The van der Waals surface area contributed by atoms with Gasteiger partial charge in [-0.3, -0.25) is 14.7 Å². The van der Waals surface area contributed by atoms with Gasteiger partial charge in [-0.25, -0.2) is 4.79 Å². The summed E-state index contributed by atoms with van der Waals surface area (Å²) in [6.07, 6.45) is 4.83. The van der Waals surface area contributed by atoms with Crippen LogP contribution in [0.3, 0.4) is 0 Å². The summed E-state index contributed by atoms with van der Waals surface area (Å²) in [7, 11) is 1.27. The smallest absolute Gasteiger partial charge is 0.330 e. The van der Waals surface area contributed by atoms with E-state index in [1.54, 1.807) is 12.1 Å². The summed E-state index contributed by atoms with van der Waals surface area (Å²) in [4.78, 5) is 23.0. The number of hydrogen-bond acceptors (Lipinski definition) is 7. The number of nitro benzene ring substituents is 1. The Labute approximate surface area is 176 Å². The lowest BCUT2D eigenvalue weighted by molar-refractivity contribution is -0.387. The fourth-order valence-corrected chi connectivity index (χ4v) is 3.91. The van der Waals surface area contributed by atoms with Crippen LogP contribution in [0.4, 0.5) is 5.69 Å². The molecule has 1 aliphatic rings. The van der Waals surface area contributed by atoms with E-state index in [0.717, 1.165) is 24.4 Å². The molecule has 0 bridgehead atoms. The number of rotatable bonds is 7. The Balaban J connectivity index is 1.70. The maximum atomic E-state index is 11.7. The molecular formula is C21H18N4O4S. The summed E-state index contributed by atoms with van der Waals surface area (Å²) in [5, 5.41) is 20.9. The molecule has 1 heterocycles. The molecule has 0 spiro atoms. The fourth-order valence-electron chi connectivity index (χ4n) is 2.97. The van der Waals surface area contributed by atoms with E-state index in [4.69, 9.17) is 0 Å². The van der Waals surface area contributed by atoms with Crippen molar-refractivity contribution in [3.63, 3.8) is 0 Å². The summed E-state index contributed by atoms with van der Waals surface area (Å²) in [5.41, 5.74) is 1.38. The molecule has 8 nitrogen and oxygen atoms in total. The first-order valence-electron chi connectivity index (χ1n) is 9.30. The first-order chi connectivity index (χ1) is 14.6. The van der Waals surface area contributed by atoms with Crippen LogP contribution in [0.1, 0.15) is 30.1 Å². The van der Waals surface area contributed by atoms with Crippen molar-refractivity contribution in [3.8, 4) is 5.69 Å². The summed E-state index contributed by atoms with van der Waals surface area (Å²) >= 11 is 1.20. The SMILES string of the molecule is COC(=O)/C=C/c1ccc(Sc2nnc(C3CC3)n2-c2ccccc2)c([N+](=O)[O-])c1. The zero-order valence-corrected chi connectivity index (χ0v) is 16.9. The molecule has 9 heteroatoms. The van der Waals surface area contributed by atoms with Gasteiger partial charge in [-0.05, 0) is 54.4 Å². The van der Waals surface area contributed by atoms with Crippen LogP contribution in [0.15, 0.2) is 64.7 Å². The zero-order valence-electron chi connectivity index (χ0n) is 16.1. The second-order valence-electron chi connectivity index (χ2n) is 6.73. The van der Waals surface area contributed by atoms with Crippen molar-refractivity contribution in [1.82, 2.24) is 14.8 Å². The highest BCUT2D eigenvalue weighted by atomic mass is 32.2. The topological polar surface area (TPSA) is 100 Å². The van der Waals surface area contributed by atoms with E-state index in [1.807, 2.05) is 34.9 Å². The van der Waals surface area contributed by atoms with Crippen molar-refractivity contribution >= 4 is 29.5 Å². The maximum Gasteiger partial charge on any atom is 0.330 e. The van der Waals surface area contributed by atoms with Gasteiger partial charge in [0, 0.05) is 23.7 Å². The number of ether oxygens (including phenoxy) is 1. The lowest BCUT2D eigenvalue weighted by Gasteiger charge is -2.10. The van der Waals surface area contributed by atoms with Gasteiger partial charge in [0.1, 0.15) is 5.82 Å². The second-order valence-corrected chi connectivity index (χ2v) is 7.74. The van der Waals surface area contributed by atoms with Crippen LogP contribution in [-0.4, -0.2) is 32.8 Å². The molecule has 0 aliphatic heterocycles. The minimum atomic E-state index is -0.528. The maximum absolute atomic E-state index is 11.7. The molecule has 1 aromatic heterocycles. The average molecular weight is 422 g/mol. The standard InChI is InChI=1S/C21H18N4O4S/c1-29-19(26)12-8-14-7-11-18(17(13-14)25(27)28)30-21-23-22-20(15-9-10-15)24(21)16-5-3-2-4-6-16/h2-8,11-13,15H,9-10H2,1H3/b12-8+. The third-order valence-corrected chi connectivity index (χ3v) is 5.62. The molecule has 152 valence electrons. The van der Waals surface area contributed by atoms with E-state index < -0.39 is 10.9 Å². The first kappa shape index (κ1) is 19.8. The number of para-hydroxylation sites is 1. The third kappa shape index (κ3) is 4.25. The minimum Gasteiger partial charge on any atom is -0.466 e. The molecule has 0 unspecified atom stereocenters. The van der Waals surface area contributed by atoms with E-state index >= 15 is 0 Å². The number of nitro groups is 1. The van der Waals surface area contributed by atoms with E-state index in [9.17, 15) is 14.9 Å². The van der Waals surface area contributed by atoms with Gasteiger partial charge in [-0.1, -0.05) is 24.3 Å². The average Bonchev–Trinajstić information content (AvgIpc) is 3.53. The second kappa shape index (κ2) is 8.50. The molecule has 0 N–H and O–H groups in total.